The number of allylic oxidation sites excluding steroid dienone is 4. The summed E-state index contributed by atoms with van der Waals surface area (Å²) < 4.78 is 5.08. The molecule has 0 unspecified atom stereocenters. The Morgan fingerprint density at radius 1 is 1.10 bits per heavy atom. The molecule has 0 bridgehead atoms. The van der Waals surface area contributed by atoms with E-state index in [0.29, 0.717) is 12.8 Å². The maximum absolute atomic E-state index is 13.4. The lowest BCUT2D eigenvalue weighted by molar-refractivity contribution is -0.181. The van der Waals surface area contributed by atoms with Gasteiger partial charge in [-0.15, -0.1) is 0 Å². The lowest BCUT2D eigenvalue weighted by Gasteiger charge is -2.59. The molecule has 0 spiro atoms. The average Bonchev–Trinajstić information content (AvgIpc) is 3.19. The molecule has 0 saturated heterocycles. The van der Waals surface area contributed by atoms with Crippen LogP contribution in [-0.2, 0) is 33.5 Å². The van der Waals surface area contributed by atoms with E-state index in [0.717, 1.165) is 12.0 Å². The number of Topliss-reactive ketones (excluding diaryl/α,β-unsaturated/α-hetero) is 1. The van der Waals surface area contributed by atoms with Crippen molar-refractivity contribution < 1.29 is 53.9 Å². The molecule has 8 atom stereocenters. The van der Waals surface area contributed by atoms with Crippen LogP contribution in [0.1, 0.15) is 71.6 Å². The minimum atomic E-state index is -1.82. The second-order valence-corrected chi connectivity index (χ2v) is 12.6. The lowest BCUT2D eigenvalue weighted by atomic mass is 9.46. The van der Waals surface area contributed by atoms with Crippen LogP contribution in [0.25, 0.3) is 0 Å². The standard InChI is InChI=1S/C30H39NO11/c1-28-11-9-17(32)13-16(28)3-4-18-19-10-12-30(41,29(19,2)14-21(33)26(18)28)22(34)15-42-25(38)8-6-23(35)31-20(27(39)40)5-7-24(36)37/h9,11,13,18-21,26,33,41H,3-8,10,12,14-15H2,1-2H3,(H,31,35)(H,36,37)(H,39,40)/t18-,19+,20+,21-,26-,28+,29+,30+/m1/s1. The first-order valence-electron chi connectivity index (χ1n) is 14.4. The summed E-state index contributed by atoms with van der Waals surface area (Å²) in [6, 6.07) is -1.42. The summed E-state index contributed by atoms with van der Waals surface area (Å²) in [6.07, 6.45) is 4.91. The van der Waals surface area contributed by atoms with E-state index in [-0.39, 0.29) is 42.8 Å². The van der Waals surface area contributed by atoms with Gasteiger partial charge in [-0.2, -0.15) is 0 Å². The van der Waals surface area contributed by atoms with Crippen LogP contribution in [0.5, 0.6) is 0 Å². The number of ketones is 2. The fourth-order valence-corrected chi connectivity index (χ4v) is 8.13. The van der Waals surface area contributed by atoms with Crippen molar-refractivity contribution in [2.45, 2.75) is 89.4 Å². The van der Waals surface area contributed by atoms with Gasteiger partial charge in [0.05, 0.1) is 12.5 Å². The number of fused-ring (bicyclic) bond motifs is 5. The van der Waals surface area contributed by atoms with Crippen LogP contribution < -0.4 is 5.32 Å². The molecule has 4 aliphatic rings. The van der Waals surface area contributed by atoms with Crippen molar-refractivity contribution in [1.29, 1.82) is 0 Å². The largest absolute Gasteiger partial charge is 0.481 e. The summed E-state index contributed by atoms with van der Waals surface area (Å²) in [5.74, 6) is -5.24. The number of nitrogens with one attached hydrogen (secondary N) is 1. The van der Waals surface area contributed by atoms with Gasteiger partial charge in [-0.05, 0) is 62.5 Å². The van der Waals surface area contributed by atoms with Crippen molar-refractivity contribution in [1.82, 2.24) is 5.32 Å². The summed E-state index contributed by atoms with van der Waals surface area (Å²) in [4.78, 5) is 71.7. The van der Waals surface area contributed by atoms with E-state index in [1.165, 1.54) is 0 Å². The average molecular weight is 590 g/mol. The van der Waals surface area contributed by atoms with Gasteiger partial charge in [0.1, 0.15) is 11.6 Å². The van der Waals surface area contributed by atoms with E-state index in [2.05, 4.69) is 5.32 Å². The fraction of sp³-hybridized carbons (Fsp3) is 0.667. The highest BCUT2D eigenvalue weighted by atomic mass is 16.5. The number of carboxylic acids is 2. The van der Waals surface area contributed by atoms with Gasteiger partial charge in [0, 0.05) is 29.6 Å². The summed E-state index contributed by atoms with van der Waals surface area (Å²) in [5.41, 5.74) is -2.26. The highest BCUT2D eigenvalue weighted by Gasteiger charge is 2.68. The van der Waals surface area contributed by atoms with Crippen LogP contribution in [0.15, 0.2) is 23.8 Å². The molecule has 230 valence electrons. The van der Waals surface area contributed by atoms with Gasteiger partial charge in [-0.3, -0.25) is 24.0 Å². The van der Waals surface area contributed by atoms with Crippen molar-refractivity contribution in [3.8, 4) is 0 Å². The number of ether oxygens (including phenoxy) is 1. The number of hydrogen-bond donors (Lipinski definition) is 5. The molecule has 0 radical (unpaired) electrons. The first-order valence-corrected chi connectivity index (χ1v) is 14.4. The number of amides is 1. The van der Waals surface area contributed by atoms with Crippen LogP contribution in [-0.4, -0.2) is 80.2 Å². The summed E-state index contributed by atoms with van der Waals surface area (Å²) in [7, 11) is 0. The van der Waals surface area contributed by atoms with Crippen LogP contribution >= 0.6 is 0 Å². The van der Waals surface area contributed by atoms with Gasteiger partial charge in [0.2, 0.25) is 11.7 Å². The Morgan fingerprint density at radius 2 is 1.81 bits per heavy atom. The second kappa shape index (κ2) is 11.7. The lowest BCUT2D eigenvalue weighted by Crippen LogP contribution is -2.61. The Kier molecular flexibility index (Phi) is 8.80. The Balaban J connectivity index is 1.35. The molecule has 0 aromatic rings. The van der Waals surface area contributed by atoms with Gasteiger partial charge in [0.15, 0.2) is 12.4 Å². The number of rotatable bonds is 11. The molecule has 42 heavy (non-hydrogen) atoms. The minimum absolute atomic E-state index is 0.0202. The minimum Gasteiger partial charge on any atom is -0.481 e. The van der Waals surface area contributed by atoms with E-state index in [1.54, 1.807) is 12.2 Å². The highest BCUT2D eigenvalue weighted by Crippen LogP contribution is 2.67. The molecule has 4 aliphatic carbocycles. The monoisotopic (exact) mass is 589 g/mol. The molecule has 5 N–H and O–H groups in total. The normalized spacial score (nSPS) is 35.6. The predicted molar refractivity (Wildman–Crippen MR) is 145 cm³/mol. The van der Waals surface area contributed by atoms with Gasteiger partial charge in [-0.25, -0.2) is 4.79 Å². The Morgan fingerprint density at radius 3 is 2.48 bits per heavy atom. The van der Waals surface area contributed by atoms with E-state index in [4.69, 9.17) is 14.9 Å². The molecule has 1 amide bonds. The topological polar surface area (TPSA) is 205 Å². The number of carbonyl (C=O) groups is 6. The number of carbonyl (C=O) groups excluding carboxylic acids is 4. The molecular weight excluding hydrogens is 550 g/mol. The maximum Gasteiger partial charge on any atom is 0.326 e. The molecule has 0 aromatic heterocycles. The van der Waals surface area contributed by atoms with Crippen molar-refractivity contribution in [2.24, 2.45) is 28.6 Å². The smallest absolute Gasteiger partial charge is 0.326 e. The molecule has 12 heteroatoms. The summed E-state index contributed by atoms with van der Waals surface area (Å²) >= 11 is 0. The second-order valence-electron chi connectivity index (χ2n) is 12.6. The van der Waals surface area contributed by atoms with Gasteiger partial charge in [0.25, 0.3) is 0 Å². The zero-order valence-electron chi connectivity index (χ0n) is 23.8. The summed E-state index contributed by atoms with van der Waals surface area (Å²) in [5, 5.41) is 43.2. The number of hydrogen-bond acceptors (Lipinski definition) is 9. The highest BCUT2D eigenvalue weighted by molar-refractivity contribution is 6.01. The SMILES string of the molecule is C[C@]12C=CC(=O)C=C1CC[C@H]1[C@@H]2[C@H](O)C[C@@]2(C)[C@H]1CC[C@]2(O)C(=O)COC(=O)CCC(=O)N[C@@H](CCC(=O)O)C(=O)O. The predicted octanol–water partition coefficient (Wildman–Crippen LogP) is 1.32. The number of esters is 1. The maximum atomic E-state index is 13.4. The molecule has 0 aromatic carbocycles. The zero-order valence-corrected chi connectivity index (χ0v) is 23.8. The van der Waals surface area contributed by atoms with E-state index < -0.39 is 84.0 Å². The van der Waals surface area contributed by atoms with Crippen LogP contribution in [0.4, 0.5) is 0 Å². The van der Waals surface area contributed by atoms with Crippen LogP contribution in [0.2, 0.25) is 0 Å². The molecule has 4 rings (SSSR count). The quantitative estimate of drug-likeness (QED) is 0.217. The molecule has 12 nitrogen and oxygen atoms in total. The third-order valence-electron chi connectivity index (χ3n) is 10.3. The van der Waals surface area contributed by atoms with Crippen molar-refractivity contribution >= 4 is 35.4 Å². The first kappa shape index (κ1) is 31.6. The first-order chi connectivity index (χ1) is 19.6. The molecule has 3 fully saturated rings. The van der Waals surface area contributed by atoms with Gasteiger partial charge >= 0.3 is 17.9 Å². The van der Waals surface area contributed by atoms with E-state index in [1.807, 2.05) is 19.9 Å². The zero-order chi connectivity index (χ0) is 31.0. The number of aliphatic hydroxyl groups is 2. The van der Waals surface area contributed by atoms with E-state index in [9.17, 15) is 39.0 Å². The van der Waals surface area contributed by atoms with Gasteiger partial charge in [-0.1, -0.05) is 25.5 Å². The molecule has 3 saturated carbocycles. The number of aliphatic hydroxyl groups excluding tert-OH is 1. The number of carboxylic acid groups (broad SMARTS) is 2. The van der Waals surface area contributed by atoms with E-state index >= 15 is 0 Å². The molecule has 0 aliphatic heterocycles. The third-order valence-corrected chi connectivity index (χ3v) is 10.3. The summed E-state index contributed by atoms with van der Waals surface area (Å²) in [6.45, 7) is 3.13. The van der Waals surface area contributed by atoms with Gasteiger partial charge < -0.3 is 30.5 Å². The van der Waals surface area contributed by atoms with Crippen molar-refractivity contribution in [3.63, 3.8) is 0 Å². The van der Waals surface area contributed by atoms with Crippen LogP contribution in [0.3, 0.4) is 0 Å². The fourth-order valence-electron chi connectivity index (χ4n) is 8.13. The number of aliphatic carboxylic acids is 2. The Labute approximate surface area is 243 Å². The van der Waals surface area contributed by atoms with Crippen molar-refractivity contribution in [3.05, 3.63) is 23.8 Å². The Bertz CT molecular complexity index is 1240. The molecule has 0 heterocycles. The third kappa shape index (κ3) is 5.66. The molecular formula is C30H39NO11. The Hall–Kier alpha value is -3.38. The van der Waals surface area contributed by atoms with Crippen LogP contribution in [0, 0.1) is 28.6 Å². The van der Waals surface area contributed by atoms with Crippen molar-refractivity contribution in [2.75, 3.05) is 6.61 Å².